The minimum atomic E-state index is -3.71. The second-order valence-corrected chi connectivity index (χ2v) is 7.62. The smallest absolute Gasteiger partial charge is 0.285 e. The van der Waals surface area contributed by atoms with Crippen LogP contribution in [0.4, 0.5) is 5.82 Å². The summed E-state index contributed by atoms with van der Waals surface area (Å²) in [4.78, 5) is 14.6. The molecule has 0 bridgehead atoms. The fourth-order valence-corrected chi connectivity index (χ4v) is 4.44. The van der Waals surface area contributed by atoms with Crippen molar-refractivity contribution in [3.63, 3.8) is 0 Å². The highest BCUT2D eigenvalue weighted by Gasteiger charge is 2.39. The van der Waals surface area contributed by atoms with E-state index in [0.29, 0.717) is 35.9 Å². The number of carbonyl (C=O) groups is 1. The van der Waals surface area contributed by atoms with Crippen molar-refractivity contribution < 1.29 is 17.7 Å². The van der Waals surface area contributed by atoms with E-state index in [2.05, 4.69) is 14.9 Å². The molecule has 1 fully saturated rings. The Labute approximate surface area is 144 Å². The van der Waals surface area contributed by atoms with Crippen LogP contribution in [0.5, 0.6) is 0 Å². The van der Waals surface area contributed by atoms with Gasteiger partial charge in [0.05, 0.1) is 0 Å². The second-order valence-electron chi connectivity index (χ2n) is 6.05. The molecule has 0 unspecified atom stereocenters. The summed E-state index contributed by atoms with van der Waals surface area (Å²) >= 11 is 0. The van der Waals surface area contributed by atoms with Crippen molar-refractivity contribution in [2.75, 3.05) is 11.9 Å². The number of fused-ring (bicyclic) bond motifs is 1. The predicted molar refractivity (Wildman–Crippen MR) is 89.8 cm³/mol. The summed E-state index contributed by atoms with van der Waals surface area (Å²) in [6, 6.07) is 7.80. The molecule has 0 aliphatic carbocycles. The number of hydrogen-bond acceptors (Lipinski definition) is 6. The van der Waals surface area contributed by atoms with Crippen molar-refractivity contribution in [2.24, 2.45) is 4.40 Å². The summed E-state index contributed by atoms with van der Waals surface area (Å²) in [6.45, 7) is 2.30. The summed E-state index contributed by atoms with van der Waals surface area (Å²) < 4.78 is 33.4. The third-order valence-electron chi connectivity index (χ3n) is 4.32. The van der Waals surface area contributed by atoms with Gasteiger partial charge in [0.1, 0.15) is 16.7 Å². The van der Waals surface area contributed by atoms with Crippen LogP contribution in [0.15, 0.2) is 44.1 Å². The zero-order valence-corrected chi connectivity index (χ0v) is 14.3. The second kappa shape index (κ2) is 5.69. The number of aryl methyl sites for hydroxylation is 1. The minimum absolute atomic E-state index is 0.184. The maximum absolute atomic E-state index is 12.6. The molecule has 3 heterocycles. The third kappa shape index (κ3) is 2.70. The molecular weight excluding hydrogens is 344 g/mol. The zero-order chi connectivity index (χ0) is 17.6. The Morgan fingerprint density at radius 3 is 2.92 bits per heavy atom. The molecule has 0 spiro atoms. The van der Waals surface area contributed by atoms with E-state index in [1.54, 1.807) is 36.1 Å². The van der Waals surface area contributed by atoms with Crippen LogP contribution in [0.3, 0.4) is 0 Å². The van der Waals surface area contributed by atoms with E-state index in [4.69, 9.17) is 4.52 Å². The number of likely N-dealkylation sites (tertiary alicyclic amines) is 1. The number of nitrogens with one attached hydrogen (secondary N) is 1. The highest BCUT2D eigenvalue weighted by Crippen LogP contribution is 2.31. The molecule has 9 heteroatoms. The quantitative estimate of drug-likeness (QED) is 0.871. The van der Waals surface area contributed by atoms with Gasteiger partial charge in [0.25, 0.3) is 10.0 Å². The van der Waals surface area contributed by atoms with Crippen LogP contribution in [0, 0.1) is 6.92 Å². The van der Waals surface area contributed by atoms with E-state index >= 15 is 0 Å². The van der Waals surface area contributed by atoms with Gasteiger partial charge >= 0.3 is 0 Å². The molecule has 130 valence electrons. The standard InChI is InChI=1S/C16H16N4O4S/c1-10-9-14(18-24-10)17-16(21)12-6-4-8-20(12)15-11-5-2-3-7-13(11)25(22,23)19-15/h2-3,5,7,9,12H,4,6,8H2,1H3,(H,17,18,21)/t12-/m0/s1. The molecule has 0 saturated carbocycles. The van der Waals surface area contributed by atoms with Crippen molar-refractivity contribution in [2.45, 2.75) is 30.7 Å². The number of amidine groups is 1. The van der Waals surface area contributed by atoms with Crippen molar-refractivity contribution in [3.05, 3.63) is 41.7 Å². The molecule has 8 nitrogen and oxygen atoms in total. The van der Waals surface area contributed by atoms with Gasteiger partial charge in [-0.25, -0.2) is 0 Å². The van der Waals surface area contributed by atoms with E-state index in [0.717, 1.165) is 6.42 Å². The van der Waals surface area contributed by atoms with Gasteiger partial charge in [-0.1, -0.05) is 17.3 Å². The Bertz CT molecular complexity index is 980. The number of anilines is 1. The lowest BCUT2D eigenvalue weighted by Crippen LogP contribution is -2.43. The van der Waals surface area contributed by atoms with E-state index in [1.165, 1.54) is 6.07 Å². The first-order valence-electron chi connectivity index (χ1n) is 7.91. The van der Waals surface area contributed by atoms with Gasteiger partial charge in [0.2, 0.25) is 5.91 Å². The zero-order valence-electron chi connectivity index (χ0n) is 13.5. The fourth-order valence-electron chi connectivity index (χ4n) is 3.22. The van der Waals surface area contributed by atoms with E-state index < -0.39 is 16.1 Å². The average Bonchev–Trinajstić information content (AvgIpc) is 3.26. The molecule has 4 rings (SSSR count). The Morgan fingerprint density at radius 1 is 1.36 bits per heavy atom. The molecule has 2 aromatic rings. The molecule has 1 N–H and O–H groups in total. The molecule has 1 aromatic heterocycles. The molecular formula is C16H16N4O4S. The van der Waals surface area contributed by atoms with Gasteiger partial charge < -0.3 is 14.7 Å². The number of carbonyl (C=O) groups excluding carboxylic acids is 1. The van der Waals surface area contributed by atoms with Crippen LogP contribution in [-0.2, 0) is 14.8 Å². The van der Waals surface area contributed by atoms with Crippen molar-refractivity contribution in [1.82, 2.24) is 10.1 Å². The molecule has 1 aromatic carbocycles. The molecule has 25 heavy (non-hydrogen) atoms. The van der Waals surface area contributed by atoms with Crippen LogP contribution >= 0.6 is 0 Å². The lowest BCUT2D eigenvalue weighted by molar-refractivity contribution is -0.119. The van der Waals surface area contributed by atoms with Crippen molar-refractivity contribution in [3.8, 4) is 0 Å². The molecule has 1 amide bonds. The highest BCUT2D eigenvalue weighted by atomic mass is 32.2. The number of aromatic nitrogens is 1. The first-order chi connectivity index (χ1) is 12.0. The number of amides is 1. The summed E-state index contributed by atoms with van der Waals surface area (Å²) in [6.07, 6.45) is 1.39. The summed E-state index contributed by atoms with van der Waals surface area (Å²) in [7, 11) is -3.71. The maximum atomic E-state index is 12.6. The summed E-state index contributed by atoms with van der Waals surface area (Å²) in [5, 5.41) is 6.47. The van der Waals surface area contributed by atoms with Crippen molar-refractivity contribution in [1.29, 1.82) is 0 Å². The Kier molecular flexibility index (Phi) is 3.60. The lowest BCUT2D eigenvalue weighted by Gasteiger charge is -2.25. The first kappa shape index (κ1) is 15.8. The van der Waals surface area contributed by atoms with Gasteiger partial charge in [0.15, 0.2) is 11.7 Å². The summed E-state index contributed by atoms with van der Waals surface area (Å²) in [5.41, 5.74) is 0.541. The normalized spacial score (nSPS) is 21.1. The molecule has 2 aliphatic heterocycles. The van der Waals surface area contributed by atoms with Gasteiger partial charge in [0, 0.05) is 18.2 Å². The average molecular weight is 360 g/mol. The van der Waals surface area contributed by atoms with Gasteiger partial charge in [-0.15, -0.1) is 4.40 Å². The Balaban J connectivity index is 1.63. The minimum Gasteiger partial charge on any atom is -0.360 e. The van der Waals surface area contributed by atoms with Gasteiger partial charge in [-0.2, -0.15) is 8.42 Å². The Hall–Kier alpha value is -2.68. The molecule has 0 radical (unpaired) electrons. The monoisotopic (exact) mass is 360 g/mol. The van der Waals surface area contributed by atoms with E-state index in [9.17, 15) is 13.2 Å². The summed E-state index contributed by atoms with van der Waals surface area (Å²) in [5.74, 6) is 1.02. The maximum Gasteiger partial charge on any atom is 0.285 e. The van der Waals surface area contributed by atoms with Gasteiger partial charge in [-0.3, -0.25) is 4.79 Å². The number of sulfonamides is 1. The van der Waals surface area contributed by atoms with E-state index in [-0.39, 0.29) is 10.8 Å². The van der Waals surface area contributed by atoms with Crippen molar-refractivity contribution >= 4 is 27.6 Å². The Morgan fingerprint density at radius 2 is 2.16 bits per heavy atom. The topological polar surface area (TPSA) is 105 Å². The third-order valence-corrected chi connectivity index (χ3v) is 5.64. The predicted octanol–water partition coefficient (Wildman–Crippen LogP) is 1.54. The first-order valence-corrected chi connectivity index (χ1v) is 9.35. The number of nitrogens with zero attached hydrogens (tertiary/aromatic N) is 3. The van der Waals surface area contributed by atoms with Gasteiger partial charge in [-0.05, 0) is 31.9 Å². The van der Waals surface area contributed by atoms with Crippen LogP contribution in [0.25, 0.3) is 0 Å². The molecule has 1 saturated heterocycles. The van der Waals surface area contributed by atoms with Crippen LogP contribution < -0.4 is 5.32 Å². The van der Waals surface area contributed by atoms with Crippen LogP contribution in [0.2, 0.25) is 0 Å². The van der Waals surface area contributed by atoms with Crippen LogP contribution in [0.1, 0.15) is 24.2 Å². The number of hydrogen-bond donors (Lipinski definition) is 1. The number of rotatable bonds is 2. The fraction of sp³-hybridized carbons (Fsp3) is 0.312. The largest absolute Gasteiger partial charge is 0.360 e. The SMILES string of the molecule is Cc1cc(NC(=O)[C@@H]2CCCN2C2=NS(=O)(=O)c3ccccc32)no1. The number of benzene rings is 1. The molecule has 1 atom stereocenters. The van der Waals surface area contributed by atoms with Crippen LogP contribution in [-0.4, -0.2) is 42.8 Å². The van der Waals surface area contributed by atoms with E-state index in [1.807, 2.05) is 0 Å². The highest BCUT2D eigenvalue weighted by molar-refractivity contribution is 7.90. The molecule has 2 aliphatic rings. The lowest BCUT2D eigenvalue weighted by atomic mass is 10.1.